The van der Waals surface area contributed by atoms with Gasteiger partial charge in [-0.25, -0.2) is 0 Å². The van der Waals surface area contributed by atoms with E-state index in [0.717, 1.165) is 11.4 Å². The normalized spacial score (nSPS) is 10.0. The van der Waals surface area contributed by atoms with Crippen LogP contribution in [0.3, 0.4) is 0 Å². The molecule has 21 heavy (non-hydrogen) atoms. The fraction of sp³-hybridized carbons (Fsp3) is 0.235. The van der Waals surface area contributed by atoms with Crippen LogP contribution in [0.1, 0.15) is 17.3 Å². The Morgan fingerprint density at radius 1 is 1.10 bits per heavy atom. The zero-order valence-electron chi connectivity index (χ0n) is 12.6. The number of hydrogen-bond donors (Lipinski definition) is 1. The summed E-state index contributed by atoms with van der Waals surface area (Å²) in [6, 6.07) is 14.9. The second kappa shape index (κ2) is 6.79. The Bertz CT molecular complexity index is 606. The Kier molecular flexibility index (Phi) is 4.82. The van der Waals surface area contributed by atoms with Crippen LogP contribution in [0.25, 0.3) is 0 Å². The smallest absolute Gasteiger partial charge is 0.259 e. The molecule has 4 nitrogen and oxygen atoms in total. The number of nitrogens with zero attached hydrogens (tertiary/aromatic N) is 1. The third-order valence-electron chi connectivity index (χ3n) is 3.07. The van der Waals surface area contributed by atoms with Crippen LogP contribution in [0, 0.1) is 0 Å². The first-order valence-electron chi connectivity index (χ1n) is 6.92. The van der Waals surface area contributed by atoms with E-state index in [1.165, 1.54) is 0 Å². The van der Waals surface area contributed by atoms with E-state index in [1.807, 2.05) is 62.3 Å². The molecule has 0 unspecified atom stereocenters. The number of carbonyl (C=O) groups excluding carboxylic acids is 1. The first-order chi connectivity index (χ1) is 10.1. The Labute approximate surface area is 125 Å². The lowest BCUT2D eigenvalue weighted by Gasteiger charge is -2.13. The minimum atomic E-state index is -0.170. The van der Waals surface area contributed by atoms with Gasteiger partial charge in [-0.3, -0.25) is 4.79 Å². The van der Waals surface area contributed by atoms with E-state index in [2.05, 4.69) is 5.32 Å². The molecule has 0 aliphatic carbocycles. The zero-order chi connectivity index (χ0) is 15.2. The van der Waals surface area contributed by atoms with Gasteiger partial charge < -0.3 is 15.0 Å². The lowest BCUT2D eigenvalue weighted by atomic mass is 10.2. The van der Waals surface area contributed by atoms with E-state index in [9.17, 15) is 4.79 Å². The van der Waals surface area contributed by atoms with Crippen molar-refractivity contribution in [2.45, 2.75) is 6.92 Å². The van der Waals surface area contributed by atoms with Crippen molar-refractivity contribution in [2.24, 2.45) is 0 Å². The standard InChI is InChI=1S/C17H20N2O2/c1-4-21-16-8-6-5-7-15(16)17(20)18-13-9-11-14(12-10-13)19(2)3/h5-12H,4H2,1-3H3,(H,18,20). The van der Waals surface area contributed by atoms with Crippen LogP contribution < -0.4 is 15.0 Å². The highest BCUT2D eigenvalue weighted by Crippen LogP contribution is 2.21. The molecule has 0 saturated heterocycles. The van der Waals surface area contributed by atoms with Crippen molar-refractivity contribution in [3.05, 3.63) is 54.1 Å². The van der Waals surface area contributed by atoms with Crippen LogP contribution in [0.2, 0.25) is 0 Å². The van der Waals surface area contributed by atoms with Crippen LogP contribution in [0.15, 0.2) is 48.5 Å². The summed E-state index contributed by atoms with van der Waals surface area (Å²) in [7, 11) is 3.96. The number of amides is 1. The predicted octanol–water partition coefficient (Wildman–Crippen LogP) is 3.40. The highest BCUT2D eigenvalue weighted by Gasteiger charge is 2.12. The third kappa shape index (κ3) is 3.75. The first kappa shape index (κ1) is 14.9. The minimum Gasteiger partial charge on any atom is -0.493 e. The van der Waals surface area contributed by atoms with E-state index in [1.54, 1.807) is 12.1 Å². The van der Waals surface area contributed by atoms with Gasteiger partial charge in [0.05, 0.1) is 12.2 Å². The fourth-order valence-corrected chi connectivity index (χ4v) is 1.98. The molecule has 0 bridgehead atoms. The molecule has 2 rings (SSSR count). The molecule has 0 saturated carbocycles. The highest BCUT2D eigenvalue weighted by molar-refractivity contribution is 6.06. The zero-order valence-corrected chi connectivity index (χ0v) is 12.6. The quantitative estimate of drug-likeness (QED) is 0.915. The molecule has 0 heterocycles. The molecule has 0 fully saturated rings. The third-order valence-corrected chi connectivity index (χ3v) is 3.07. The summed E-state index contributed by atoms with van der Waals surface area (Å²) in [6.45, 7) is 2.43. The van der Waals surface area contributed by atoms with Gasteiger partial charge in [0.15, 0.2) is 0 Å². The average Bonchev–Trinajstić information content (AvgIpc) is 2.48. The Morgan fingerprint density at radius 2 is 1.76 bits per heavy atom. The van der Waals surface area contributed by atoms with Gasteiger partial charge in [0, 0.05) is 25.5 Å². The maximum atomic E-state index is 12.3. The summed E-state index contributed by atoms with van der Waals surface area (Å²) in [5, 5.41) is 2.89. The van der Waals surface area contributed by atoms with Crippen molar-refractivity contribution in [2.75, 3.05) is 30.9 Å². The van der Waals surface area contributed by atoms with Crippen molar-refractivity contribution in [1.82, 2.24) is 0 Å². The van der Waals surface area contributed by atoms with Crippen molar-refractivity contribution >= 4 is 17.3 Å². The number of nitrogens with one attached hydrogen (secondary N) is 1. The van der Waals surface area contributed by atoms with E-state index in [4.69, 9.17) is 4.74 Å². The van der Waals surface area contributed by atoms with Crippen molar-refractivity contribution in [1.29, 1.82) is 0 Å². The van der Waals surface area contributed by atoms with Crippen LogP contribution in [-0.2, 0) is 0 Å². The van der Waals surface area contributed by atoms with Crippen molar-refractivity contribution in [3.63, 3.8) is 0 Å². The molecule has 4 heteroatoms. The number of rotatable bonds is 5. The monoisotopic (exact) mass is 284 g/mol. The first-order valence-corrected chi connectivity index (χ1v) is 6.92. The SMILES string of the molecule is CCOc1ccccc1C(=O)Nc1ccc(N(C)C)cc1. The van der Waals surface area contributed by atoms with Crippen molar-refractivity contribution in [3.8, 4) is 5.75 Å². The van der Waals surface area contributed by atoms with E-state index < -0.39 is 0 Å². The van der Waals surface area contributed by atoms with Gasteiger partial charge in [-0.15, -0.1) is 0 Å². The Hall–Kier alpha value is -2.49. The summed E-state index contributed by atoms with van der Waals surface area (Å²) in [6.07, 6.45) is 0. The number of benzene rings is 2. The second-order valence-corrected chi connectivity index (χ2v) is 4.82. The summed E-state index contributed by atoms with van der Waals surface area (Å²) >= 11 is 0. The molecule has 0 spiro atoms. The van der Waals surface area contributed by atoms with Gasteiger partial charge in [-0.2, -0.15) is 0 Å². The summed E-state index contributed by atoms with van der Waals surface area (Å²) in [4.78, 5) is 14.3. The number of hydrogen-bond acceptors (Lipinski definition) is 3. The van der Waals surface area contributed by atoms with E-state index in [-0.39, 0.29) is 5.91 Å². The molecule has 1 N–H and O–H groups in total. The maximum absolute atomic E-state index is 12.3. The lowest BCUT2D eigenvalue weighted by molar-refractivity contribution is 0.102. The summed E-state index contributed by atoms with van der Waals surface area (Å²) in [5.74, 6) is 0.430. The van der Waals surface area contributed by atoms with E-state index >= 15 is 0 Å². The molecule has 0 radical (unpaired) electrons. The maximum Gasteiger partial charge on any atom is 0.259 e. The molecule has 0 aliphatic rings. The Balaban J connectivity index is 2.14. The number of para-hydroxylation sites is 1. The van der Waals surface area contributed by atoms with Crippen molar-refractivity contribution < 1.29 is 9.53 Å². The highest BCUT2D eigenvalue weighted by atomic mass is 16.5. The molecule has 2 aromatic rings. The van der Waals surface area contributed by atoms with Crippen LogP contribution in [0.4, 0.5) is 11.4 Å². The fourth-order valence-electron chi connectivity index (χ4n) is 1.98. The van der Waals surface area contributed by atoms with Gasteiger partial charge >= 0.3 is 0 Å². The summed E-state index contributed by atoms with van der Waals surface area (Å²) in [5.41, 5.74) is 2.38. The minimum absolute atomic E-state index is 0.170. The average molecular weight is 284 g/mol. The van der Waals surface area contributed by atoms with Gasteiger partial charge in [0.2, 0.25) is 0 Å². The number of ether oxygens (including phenoxy) is 1. The molecule has 1 amide bonds. The summed E-state index contributed by atoms with van der Waals surface area (Å²) < 4.78 is 5.48. The predicted molar refractivity (Wildman–Crippen MR) is 86.3 cm³/mol. The topological polar surface area (TPSA) is 41.6 Å². The number of anilines is 2. The van der Waals surface area contributed by atoms with Crippen LogP contribution in [0.5, 0.6) is 5.75 Å². The molecule has 110 valence electrons. The van der Waals surface area contributed by atoms with Gasteiger partial charge in [0.1, 0.15) is 5.75 Å². The lowest BCUT2D eigenvalue weighted by Crippen LogP contribution is -2.14. The van der Waals surface area contributed by atoms with Gasteiger partial charge in [0.25, 0.3) is 5.91 Å². The molecule has 0 aliphatic heterocycles. The molecular formula is C17H20N2O2. The molecular weight excluding hydrogens is 264 g/mol. The largest absolute Gasteiger partial charge is 0.493 e. The van der Waals surface area contributed by atoms with Crippen LogP contribution >= 0.6 is 0 Å². The molecule has 2 aromatic carbocycles. The van der Waals surface area contributed by atoms with Gasteiger partial charge in [-0.05, 0) is 43.3 Å². The van der Waals surface area contributed by atoms with Gasteiger partial charge in [-0.1, -0.05) is 12.1 Å². The Morgan fingerprint density at radius 3 is 2.38 bits per heavy atom. The number of carbonyl (C=O) groups is 1. The van der Waals surface area contributed by atoms with Crippen LogP contribution in [-0.4, -0.2) is 26.6 Å². The second-order valence-electron chi connectivity index (χ2n) is 4.82. The molecule has 0 aromatic heterocycles. The molecule has 0 atom stereocenters. The van der Waals surface area contributed by atoms with E-state index in [0.29, 0.717) is 17.9 Å².